The lowest BCUT2D eigenvalue weighted by atomic mass is 9.96. The monoisotopic (exact) mass is 384 g/mol. The van der Waals surface area contributed by atoms with Gasteiger partial charge in [-0.2, -0.15) is 0 Å². The van der Waals surface area contributed by atoms with E-state index in [2.05, 4.69) is 52.4 Å². The molecular weight excluding hydrogens is 360 g/mol. The molecule has 0 spiro atoms. The van der Waals surface area contributed by atoms with Gasteiger partial charge in [-0.3, -0.25) is 4.79 Å². The van der Waals surface area contributed by atoms with Crippen molar-refractivity contribution in [3.05, 3.63) is 22.8 Å². The van der Waals surface area contributed by atoms with E-state index >= 15 is 0 Å². The summed E-state index contributed by atoms with van der Waals surface area (Å²) in [5.41, 5.74) is 0.543. The smallest absolute Gasteiger partial charge is 0.315 e. The molecule has 6 heteroatoms. The van der Waals surface area contributed by atoms with E-state index in [0.29, 0.717) is 11.5 Å². The third-order valence-corrected chi connectivity index (χ3v) is 7.43. The second kappa shape index (κ2) is 7.23. The van der Waals surface area contributed by atoms with Crippen molar-refractivity contribution in [2.75, 3.05) is 13.1 Å². The molecule has 1 saturated heterocycles. The van der Waals surface area contributed by atoms with Crippen molar-refractivity contribution < 1.29 is 9.53 Å². The van der Waals surface area contributed by atoms with Crippen molar-refractivity contribution in [2.45, 2.75) is 45.1 Å². The molecule has 1 aromatic rings. The number of hydrogen-bond acceptors (Lipinski definition) is 4. The van der Waals surface area contributed by atoms with Crippen LogP contribution in [0.3, 0.4) is 0 Å². The fraction of sp³-hybridized carbons (Fsp3) is 0.625. The summed E-state index contributed by atoms with van der Waals surface area (Å²) >= 11 is 3.33. The Morgan fingerprint density at radius 1 is 1.45 bits per heavy atom. The summed E-state index contributed by atoms with van der Waals surface area (Å²) in [6, 6.07) is 3.55. The third kappa shape index (κ3) is 4.40. The Morgan fingerprint density at radius 2 is 2.18 bits per heavy atom. The molecule has 1 aromatic heterocycles. The average molecular weight is 385 g/mol. The van der Waals surface area contributed by atoms with Gasteiger partial charge in [-0.1, -0.05) is 26.6 Å². The van der Waals surface area contributed by atoms with E-state index in [1.807, 2.05) is 6.07 Å². The van der Waals surface area contributed by atoms with Gasteiger partial charge >= 0.3 is 5.97 Å². The number of rotatable bonds is 4. The molecule has 4 nitrogen and oxygen atoms in total. The van der Waals surface area contributed by atoms with Gasteiger partial charge in [0.05, 0.1) is 14.0 Å². The highest BCUT2D eigenvalue weighted by atomic mass is 79.9. The first-order valence-corrected chi connectivity index (χ1v) is 12.3. The van der Waals surface area contributed by atoms with Crippen molar-refractivity contribution >= 4 is 30.0 Å². The van der Waals surface area contributed by atoms with Gasteiger partial charge < -0.3 is 9.64 Å². The minimum absolute atomic E-state index is 0.00929. The van der Waals surface area contributed by atoms with Crippen molar-refractivity contribution in [3.63, 3.8) is 0 Å². The summed E-state index contributed by atoms with van der Waals surface area (Å²) in [7, 11) is -1.33. The standard InChI is InChI=1S/C16H25BrN2O2Si/c1-5-19-9-8-12(10-15(19)22(2,3)4)16(20)21-14-7-6-13(17)11-18-14/h6-7,11-12,15H,5,8-10H2,1-4H3. The molecule has 0 aromatic carbocycles. The highest BCUT2D eigenvalue weighted by molar-refractivity contribution is 9.10. The molecule has 1 aliphatic heterocycles. The van der Waals surface area contributed by atoms with Crippen LogP contribution < -0.4 is 4.74 Å². The third-order valence-electron chi connectivity index (χ3n) is 4.36. The molecule has 2 rings (SSSR count). The Morgan fingerprint density at radius 3 is 2.73 bits per heavy atom. The van der Waals surface area contributed by atoms with Crippen LogP contribution in [-0.2, 0) is 4.79 Å². The van der Waals surface area contributed by atoms with Crippen molar-refractivity contribution in [1.29, 1.82) is 0 Å². The zero-order valence-corrected chi connectivity index (χ0v) is 16.4. The highest BCUT2D eigenvalue weighted by Crippen LogP contribution is 2.30. The lowest BCUT2D eigenvalue weighted by Gasteiger charge is -2.44. The zero-order chi connectivity index (χ0) is 16.3. The van der Waals surface area contributed by atoms with Crippen LogP contribution in [0.1, 0.15) is 19.8 Å². The van der Waals surface area contributed by atoms with Crippen LogP contribution in [0, 0.1) is 5.92 Å². The first-order chi connectivity index (χ1) is 10.3. The van der Waals surface area contributed by atoms with Crippen molar-refractivity contribution in [3.8, 4) is 5.88 Å². The summed E-state index contributed by atoms with van der Waals surface area (Å²) < 4.78 is 6.34. The number of carbonyl (C=O) groups excluding carboxylic acids is 1. The van der Waals surface area contributed by atoms with Gasteiger partial charge in [0.25, 0.3) is 0 Å². The molecule has 0 radical (unpaired) electrons. The van der Waals surface area contributed by atoms with Crippen LogP contribution in [0.25, 0.3) is 0 Å². The predicted molar refractivity (Wildman–Crippen MR) is 94.7 cm³/mol. The zero-order valence-electron chi connectivity index (χ0n) is 13.8. The quantitative estimate of drug-likeness (QED) is 0.585. The van der Waals surface area contributed by atoms with Gasteiger partial charge in [-0.25, -0.2) is 4.98 Å². The van der Waals surface area contributed by atoms with Gasteiger partial charge in [-0.15, -0.1) is 0 Å². The average Bonchev–Trinajstić information content (AvgIpc) is 2.48. The first-order valence-electron chi connectivity index (χ1n) is 7.88. The lowest BCUT2D eigenvalue weighted by molar-refractivity contribution is -0.141. The maximum atomic E-state index is 12.4. The minimum Gasteiger partial charge on any atom is -0.407 e. The largest absolute Gasteiger partial charge is 0.407 e. The number of nitrogens with zero attached hydrogens (tertiary/aromatic N) is 2. The fourth-order valence-corrected chi connectivity index (χ4v) is 5.75. The molecule has 0 saturated carbocycles. The maximum absolute atomic E-state index is 12.4. The molecule has 0 amide bonds. The molecule has 2 atom stereocenters. The Kier molecular flexibility index (Phi) is 5.80. The van der Waals surface area contributed by atoms with E-state index < -0.39 is 8.07 Å². The number of piperidine rings is 1. The molecular formula is C16H25BrN2O2Si. The van der Waals surface area contributed by atoms with Crippen LogP contribution >= 0.6 is 15.9 Å². The van der Waals surface area contributed by atoms with Gasteiger partial charge in [0.2, 0.25) is 5.88 Å². The SMILES string of the molecule is CCN1CCC(C(=O)Oc2ccc(Br)cn2)CC1[Si](C)(C)C. The molecule has 1 fully saturated rings. The van der Waals surface area contributed by atoms with Crippen molar-refractivity contribution in [2.24, 2.45) is 5.92 Å². The lowest BCUT2D eigenvalue weighted by Crippen LogP contribution is -2.56. The maximum Gasteiger partial charge on any atom is 0.315 e. The summed E-state index contributed by atoms with van der Waals surface area (Å²) in [5.74, 6) is 0.245. The molecule has 22 heavy (non-hydrogen) atoms. The van der Waals surface area contributed by atoms with Gasteiger partial charge in [0.1, 0.15) is 0 Å². The first kappa shape index (κ1) is 17.6. The van der Waals surface area contributed by atoms with Crippen LogP contribution in [0.4, 0.5) is 0 Å². The molecule has 0 bridgehead atoms. The van der Waals surface area contributed by atoms with Crippen LogP contribution in [0.2, 0.25) is 19.6 Å². The second-order valence-electron chi connectivity index (χ2n) is 6.97. The molecule has 2 heterocycles. The highest BCUT2D eigenvalue weighted by Gasteiger charge is 2.39. The Bertz CT molecular complexity index is 516. The van der Waals surface area contributed by atoms with Crippen LogP contribution in [0.15, 0.2) is 22.8 Å². The minimum atomic E-state index is -1.33. The number of halogens is 1. The fourth-order valence-electron chi connectivity index (χ4n) is 3.12. The summed E-state index contributed by atoms with van der Waals surface area (Å²) in [4.78, 5) is 19.1. The van der Waals surface area contributed by atoms with Gasteiger partial charge in [-0.05, 0) is 47.9 Å². The van der Waals surface area contributed by atoms with E-state index in [9.17, 15) is 4.79 Å². The number of hydrogen-bond donors (Lipinski definition) is 0. The summed E-state index contributed by atoms with van der Waals surface area (Å²) in [6.07, 6.45) is 3.44. The number of ether oxygens (including phenoxy) is 1. The van der Waals surface area contributed by atoms with Crippen molar-refractivity contribution in [1.82, 2.24) is 9.88 Å². The topological polar surface area (TPSA) is 42.4 Å². The van der Waals surface area contributed by atoms with E-state index in [-0.39, 0.29) is 11.9 Å². The van der Waals surface area contributed by atoms with E-state index in [1.165, 1.54) is 0 Å². The molecule has 2 unspecified atom stereocenters. The summed E-state index contributed by atoms with van der Waals surface area (Å²) in [5, 5.41) is 0. The molecule has 0 N–H and O–H groups in total. The molecule has 1 aliphatic rings. The van der Waals surface area contributed by atoms with Crippen LogP contribution in [-0.4, -0.2) is 42.7 Å². The normalized spacial score (nSPS) is 23.3. The number of pyridine rings is 1. The predicted octanol–water partition coefficient (Wildman–Crippen LogP) is 3.73. The second-order valence-corrected chi connectivity index (χ2v) is 13.3. The van der Waals surface area contributed by atoms with E-state index in [1.54, 1.807) is 12.3 Å². The number of carbonyl (C=O) groups is 1. The summed E-state index contributed by atoms with van der Waals surface area (Å²) in [6.45, 7) is 11.4. The van der Waals surface area contributed by atoms with E-state index in [4.69, 9.17) is 4.74 Å². The van der Waals surface area contributed by atoms with Gasteiger partial charge in [0, 0.05) is 22.4 Å². The molecule has 0 aliphatic carbocycles. The van der Waals surface area contributed by atoms with Gasteiger partial charge in [0.15, 0.2) is 0 Å². The number of esters is 1. The van der Waals surface area contributed by atoms with Crippen LogP contribution in [0.5, 0.6) is 5.88 Å². The molecule has 122 valence electrons. The van der Waals surface area contributed by atoms with E-state index in [0.717, 1.165) is 30.4 Å². The Balaban J connectivity index is 2.03. The number of aromatic nitrogens is 1. The number of likely N-dealkylation sites (tertiary alicyclic amines) is 1. The Labute approximate surface area is 142 Å². The Hall–Kier alpha value is -0.723.